The summed E-state index contributed by atoms with van der Waals surface area (Å²) in [4.78, 5) is 0. The number of ether oxygens (including phenoxy) is 1. The van der Waals surface area contributed by atoms with Crippen molar-refractivity contribution in [1.82, 2.24) is 0 Å². The van der Waals surface area contributed by atoms with Gasteiger partial charge in [-0.25, -0.2) is 4.39 Å². The minimum atomic E-state index is -4.74. The predicted molar refractivity (Wildman–Crippen MR) is 59.9 cm³/mol. The molecule has 0 fully saturated rings. The number of nitrogens with two attached hydrogens (primary N) is 1. The van der Waals surface area contributed by atoms with E-state index in [0.717, 1.165) is 18.2 Å². The van der Waals surface area contributed by atoms with Crippen molar-refractivity contribution >= 4 is 17.4 Å². The maximum atomic E-state index is 12.8. The molecule has 0 heterocycles. The molecule has 0 saturated carbocycles. The highest BCUT2D eigenvalue weighted by Crippen LogP contribution is 2.28. The molecule has 0 aromatic heterocycles. The van der Waals surface area contributed by atoms with Gasteiger partial charge in [0.15, 0.2) is 5.84 Å². The number of benzene rings is 1. The van der Waals surface area contributed by atoms with Crippen LogP contribution >= 0.6 is 11.6 Å². The third kappa shape index (κ3) is 4.16. The normalized spacial score (nSPS) is 14.3. The zero-order valence-electron chi connectivity index (χ0n) is 9.29. The molecular weight excluding hydrogens is 292 g/mol. The van der Waals surface area contributed by atoms with Crippen LogP contribution in [-0.4, -0.2) is 23.8 Å². The summed E-state index contributed by atoms with van der Waals surface area (Å²) in [5, 5.41) is 10.3. The van der Waals surface area contributed by atoms with E-state index in [1.54, 1.807) is 0 Å². The molecule has 1 atom stereocenters. The Morgan fingerprint density at radius 2 is 2.11 bits per heavy atom. The summed E-state index contributed by atoms with van der Waals surface area (Å²) in [5.41, 5.74) is 4.94. The fraction of sp³-hybridized carbons (Fsp3) is 0.300. The number of oxime groups is 1. The zero-order chi connectivity index (χ0) is 14.6. The van der Waals surface area contributed by atoms with Gasteiger partial charge in [0.2, 0.25) is 0 Å². The average Bonchev–Trinajstić information content (AvgIpc) is 2.31. The van der Waals surface area contributed by atoms with Gasteiger partial charge in [-0.05, 0) is 12.1 Å². The van der Waals surface area contributed by atoms with Crippen LogP contribution in [0.5, 0.6) is 5.75 Å². The number of alkyl halides is 3. The summed E-state index contributed by atoms with van der Waals surface area (Å²) in [6, 6.07) is 3.08. The number of halogens is 5. The molecular formula is C10H9ClF4N2O2. The second-order valence-corrected chi connectivity index (χ2v) is 3.91. The summed E-state index contributed by atoms with van der Waals surface area (Å²) in [6.07, 6.45) is -4.74. The molecule has 0 radical (unpaired) electrons. The number of hydrogen-bond acceptors (Lipinski definition) is 3. The van der Waals surface area contributed by atoms with Gasteiger partial charge in [0.25, 0.3) is 0 Å². The van der Waals surface area contributed by atoms with Crippen molar-refractivity contribution < 1.29 is 27.5 Å². The van der Waals surface area contributed by atoms with Crippen LogP contribution in [0.4, 0.5) is 17.6 Å². The predicted octanol–water partition coefficient (Wildman–Crippen LogP) is 2.78. The lowest BCUT2D eigenvalue weighted by molar-refractivity contribution is -0.162. The van der Waals surface area contributed by atoms with E-state index in [-0.39, 0.29) is 10.8 Å². The van der Waals surface area contributed by atoms with Crippen molar-refractivity contribution in [3.63, 3.8) is 0 Å². The molecule has 1 aromatic rings. The molecule has 19 heavy (non-hydrogen) atoms. The summed E-state index contributed by atoms with van der Waals surface area (Å²) in [5.74, 6) is -4.09. The second-order valence-electron chi connectivity index (χ2n) is 3.51. The first-order valence-corrected chi connectivity index (χ1v) is 5.25. The molecule has 0 spiro atoms. The summed E-state index contributed by atoms with van der Waals surface area (Å²) < 4.78 is 55.3. The molecule has 0 aliphatic rings. The average molecular weight is 301 g/mol. The molecule has 0 aliphatic carbocycles. The fourth-order valence-corrected chi connectivity index (χ4v) is 1.33. The molecule has 0 saturated heterocycles. The Hall–Kier alpha value is -1.70. The summed E-state index contributed by atoms with van der Waals surface area (Å²) >= 11 is 5.44. The molecule has 0 aliphatic heterocycles. The van der Waals surface area contributed by atoms with Crippen molar-refractivity contribution in [2.24, 2.45) is 16.8 Å². The second kappa shape index (κ2) is 5.96. The highest BCUT2D eigenvalue weighted by atomic mass is 35.5. The minimum Gasteiger partial charge on any atom is -0.492 e. The zero-order valence-corrected chi connectivity index (χ0v) is 10.0. The summed E-state index contributed by atoms with van der Waals surface area (Å²) in [7, 11) is 0. The van der Waals surface area contributed by atoms with Crippen LogP contribution in [0.3, 0.4) is 0 Å². The Morgan fingerprint density at radius 1 is 1.47 bits per heavy atom. The largest absolute Gasteiger partial charge is 0.492 e. The van der Waals surface area contributed by atoms with Gasteiger partial charge in [-0.15, -0.1) is 0 Å². The van der Waals surface area contributed by atoms with Gasteiger partial charge in [-0.2, -0.15) is 13.2 Å². The van der Waals surface area contributed by atoms with E-state index in [9.17, 15) is 17.6 Å². The highest BCUT2D eigenvalue weighted by molar-refractivity contribution is 6.30. The molecule has 1 unspecified atom stereocenters. The molecule has 1 rings (SSSR count). The van der Waals surface area contributed by atoms with Crippen LogP contribution in [0.1, 0.15) is 0 Å². The monoisotopic (exact) mass is 300 g/mol. The van der Waals surface area contributed by atoms with E-state index in [1.807, 2.05) is 0 Å². The number of rotatable bonds is 4. The number of amidine groups is 1. The van der Waals surface area contributed by atoms with Gasteiger partial charge in [0.05, 0.1) is 5.02 Å². The van der Waals surface area contributed by atoms with E-state index < -0.39 is 30.4 Å². The first-order chi connectivity index (χ1) is 8.75. The van der Waals surface area contributed by atoms with Crippen LogP contribution in [0.2, 0.25) is 5.02 Å². The van der Waals surface area contributed by atoms with Crippen molar-refractivity contribution in [2.45, 2.75) is 6.18 Å². The molecule has 9 heteroatoms. The topological polar surface area (TPSA) is 67.8 Å². The molecule has 4 nitrogen and oxygen atoms in total. The van der Waals surface area contributed by atoms with E-state index in [1.165, 1.54) is 0 Å². The van der Waals surface area contributed by atoms with Crippen LogP contribution in [0.25, 0.3) is 0 Å². The van der Waals surface area contributed by atoms with Crippen LogP contribution in [0, 0.1) is 11.7 Å². The Labute approximate surface area is 110 Å². The molecule has 1 aromatic carbocycles. The van der Waals surface area contributed by atoms with Gasteiger partial charge < -0.3 is 15.7 Å². The van der Waals surface area contributed by atoms with Gasteiger partial charge in [-0.1, -0.05) is 16.8 Å². The summed E-state index contributed by atoms with van der Waals surface area (Å²) in [6.45, 7) is -0.915. The van der Waals surface area contributed by atoms with Gasteiger partial charge >= 0.3 is 6.18 Å². The lowest BCUT2D eigenvalue weighted by Crippen LogP contribution is -2.40. The Bertz CT molecular complexity index is 479. The number of hydrogen-bond donors (Lipinski definition) is 2. The van der Waals surface area contributed by atoms with Crippen molar-refractivity contribution in [2.75, 3.05) is 6.61 Å². The first-order valence-electron chi connectivity index (χ1n) is 4.87. The SMILES string of the molecule is N/C(=N/O)C(COc1ccc(F)c(Cl)c1)C(F)(F)F. The van der Waals surface area contributed by atoms with E-state index in [4.69, 9.17) is 27.3 Å². The number of nitrogens with zero attached hydrogens (tertiary/aromatic N) is 1. The van der Waals surface area contributed by atoms with E-state index in [2.05, 4.69) is 5.16 Å². The molecule has 3 N–H and O–H groups in total. The third-order valence-electron chi connectivity index (χ3n) is 2.18. The van der Waals surface area contributed by atoms with Gasteiger partial charge in [0.1, 0.15) is 24.1 Å². The fourth-order valence-electron chi connectivity index (χ4n) is 1.16. The van der Waals surface area contributed by atoms with Crippen molar-refractivity contribution in [3.8, 4) is 5.75 Å². The van der Waals surface area contributed by atoms with Crippen LogP contribution in [0.15, 0.2) is 23.4 Å². The van der Waals surface area contributed by atoms with E-state index >= 15 is 0 Å². The maximum Gasteiger partial charge on any atom is 0.402 e. The van der Waals surface area contributed by atoms with Gasteiger partial charge in [0, 0.05) is 6.07 Å². The standard InChI is InChI=1S/C10H9ClF4N2O2/c11-7-3-5(1-2-8(7)12)19-4-6(9(16)17-18)10(13,14)15/h1-3,6,18H,4H2,(H2,16,17). The minimum absolute atomic E-state index is 0.0635. The van der Waals surface area contributed by atoms with Gasteiger partial charge in [-0.3, -0.25) is 0 Å². The first kappa shape index (κ1) is 15.4. The van der Waals surface area contributed by atoms with Crippen LogP contribution < -0.4 is 10.5 Å². The lowest BCUT2D eigenvalue weighted by Gasteiger charge is -2.19. The smallest absolute Gasteiger partial charge is 0.402 e. The van der Waals surface area contributed by atoms with Crippen LogP contribution in [-0.2, 0) is 0 Å². The third-order valence-corrected chi connectivity index (χ3v) is 2.46. The van der Waals surface area contributed by atoms with Crippen molar-refractivity contribution in [3.05, 3.63) is 29.0 Å². The van der Waals surface area contributed by atoms with Crippen molar-refractivity contribution in [1.29, 1.82) is 0 Å². The van der Waals surface area contributed by atoms with E-state index in [0.29, 0.717) is 0 Å². The molecule has 106 valence electrons. The molecule has 0 bridgehead atoms. The quantitative estimate of drug-likeness (QED) is 0.295. The lowest BCUT2D eigenvalue weighted by atomic mass is 10.1. The Kier molecular flexibility index (Phi) is 4.82. The maximum absolute atomic E-state index is 12.8. The highest BCUT2D eigenvalue weighted by Gasteiger charge is 2.43. The Morgan fingerprint density at radius 3 is 2.58 bits per heavy atom. The Balaban J connectivity index is 2.79. The molecule has 0 amide bonds.